The second kappa shape index (κ2) is 5.68. The summed E-state index contributed by atoms with van der Waals surface area (Å²) in [4.78, 5) is 22.7. The second-order valence-electron chi connectivity index (χ2n) is 5.10. The number of amides is 1. The van der Waals surface area contributed by atoms with Gasteiger partial charge in [-0.2, -0.15) is 0 Å². The normalized spacial score (nSPS) is 12.8. The molecule has 0 spiro atoms. The van der Waals surface area contributed by atoms with E-state index in [1.165, 1.54) is 6.33 Å². The van der Waals surface area contributed by atoms with E-state index in [9.17, 15) is 9.59 Å². The number of rotatable bonds is 4. The third-order valence-corrected chi connectivity index (χ3v) is 2.18. The van der Waals surface area contributed by atoms with Crippen LogP contribution in [0.1, 0.15) is 26.6 Å². The number of alkyl carbamates (subject to hydrolysis) is 1. The van der Waals surface area contributed by atoms with E-state index in [0.717, 1.165) is 0 Å². The van der Waals surface area contributed by atoms with E-state index < -0.39 is 23.7 Å². The lowest BCUT2D eigenvalue weighted by Crippen LogP contribution is -2.45. The Balaban J connectivity index is 2.67. The fourth-order valence-corrected chi connectivity index (χ4v) is 1.32. The summed E-state index contributed by atoms with van der Waals surface area (Å²) >= 11 is 0. The zero-order chi connectivity index (χ0) is 14.6. The number of nitrogens with one attached hydrogen (secondary N) is 1. The quantitative estimate of drug-likeness (QED) is 0.816. The van der Waals surface area contributed by atoms with Gasteiger partial charge in [0, 0.05) is 13.5 Å². The van der Waals surface area contributed by atoms with Crippen LogP contribution in [-0.2, 0) is 23.0 Å². The summed E-state index contributed by atoms with van der Waals surface area (Å²) in [6.45, 7) is 5.10. The average molecular weight is 270 g/mol. The first-order chi connectivity index (χ1) is 8.69. The minimum atomic E-state index is -1.16. The van der Waals surface area contributed by atoms with Crippen molar-refractivity contribution in [2.75, 3.05) is 0 Å². The number of aryl methyl sites for hydroxylation is 1. The Labute approximate surface area is 110 Å². The van der Waals surface area contributed by atoms with E-state index in [1.807, 2.05) is 0 Å². The van der Waals surface area contributed by atoms with Gasteiger partial charge in [-0.05, 0) is 20.8 Å². The number of carbonyl (C=O) groups excluding carboxylic acids is 1. The molecule has 0 aromatic carbocycles. The summed E-state index contributed by atoms with van der Waals surface area (Å²) in [5.41, 5.74) is -0.683. The van der Waals surface area contributed by atoms with E-state index in [0.29, 0.717) is 5.82 Å². The van der Waals surface area contributed by atoms with E-state index in [-0.39, 0.29) is 6.42 Å². The lowest BCUT2D eigenvalue weighted by Gasteiger charge is -2.21. The molecular weight excluding hydrogens is 252 g/mol. The Kier molecular flexibility index (Phi) is 4.47. The number of carbonyl (C=O) groups is 2. The van der Waals surface area contributed by atoms with Gasteiger partial charge in [0.05, 0.1) is 0 Å². The van der Waals surface area contributed by atoms with E-state index in [2.05, 4.69) is 15.5 Å². The summed E-state index contributed by atoms with van der Waals surface area (Å²) in [5, 5.41) is 18.8. The number of ether oxygens (including phenoxy) is 1. The molecule has 0 bridgehead atoms. The van der Waals surface area contributed by atoms with Crippen molar-refractivity contribution in [3.8, 4) is 0 Å². The molecule has 106 valence electrons. The molecule has 0 aliphatic carbocycles. The van der Waals surface area contributed by atoms with Gasteiger partial charge in [0.2, 0.25) is 0 Å². The summed E-state index contributed by atoms with van der Waals surface area (Å²) < 4.78 is 6.60. The maximum absolute atomic E-state index is 11.5. The van der Waals surface area contributed by atoms with Crippen LogP contribution in [0.5, 0.6) is 0 Å². The second-order valence-corrected chi connectivity index (χ2v) is 5.10. The highest BCUT2D eigenvalue weighted by Crippen LogP contribution is 2.07. The highest BCUT2D eigenvalue weighted by molar-refractivity contribution is 5.80. The highest BCUT2D eigenvalue weighted by Gasteiger charge is 2.25. The molecule has 0 saturated heterocycles. The van der Waals surface area contributed by atoms with E-state index >= 15 is 0 Å². The van der Waals surface area contributed by atoms with Crippen LogP contribution in [-0.4, -0.2) is 43.6 Å². The van der Waals surface area contributed by atoms with Crippen molar-refractivity contribution in [3.05, 3.63) is 12.2 Å². The zero-order valence-electron chi connectivity index (χ0n) is 11.4. The van der Waals surface area contributed by atoms with Crippen molar-refractivity contribution in [2.45, 2.75) is 38.8 Å². The molecule has 19 heavy (non-hydrogen) atoms. The third kappa shape index (κ3) is 4.94. The minimum Gasteiger partial charge on any atom is -0.480 e. The standard InChI is InChI=1S/C11H18N4O4/c1-11(2,3)19-10(18)13-7(9(16)17)5-8-14-12-6-15(8)4/h6-7H,5H2,1-4H3,(H,13,18)(H,16,17). The predicted octanol–water partition coefficient (Wildman–Crippen LogP) is 0.335. The molecule has 1 amide bonds. The first kappa shape index (κ1) is 14.9. The van der Waals surface area contributed by atoms with Crippen molar-refractivity contribution in [1.82, 2.24) is 20.1 Å². The molecule has 1 aromatic rings. The Bertz CT molecular complexity index is 464. The van der Waals surface area contributed by atoms with Crippen LogP contribution >= 0.6 is 0 Å². The smallest absolute Gasteiger partial charge is 0.408 e. The minimum absolute atomic E-state index is 0.0328. The Morgan fingerprint density at radius 2 is 2.16 bits per heavy atom. The van der Waals surface area contributed by atoms with Crippen molar-refractivity contribution >= 4 is 12.1 Å². The Morgan fingerprint density at radius 3 is 2.58 bits per heavy atom. The molecule has 0 aliphatic heterocycles. The molecule has 1 atom stereocenters. The van der Waals surface area contributed by atoms with Gasteiger partial charge in [-0.1, -0.05) is 0 Å². The Hall–Kier alpha value is -2.12. The lowest BCUT2D eigenvalue weighted by atomic mass is 10.2. The Morgan fingerprint density at radius 1 is 1.53 bits per heavy atom. The number of carboxylic acids is 1. The lowest BCUT2D eigenvalue weighted by molar-refractivity contribution is -0.139. The molecule has 1 aromatic heterocycles. The zero-order valence-corrected chi connectivity index (χ0v) is 11.4. The largest absolute Gasteiger partial charge is 0.480 e. The number of hydrogen-bond acceptors (Lipinski definition) is 5. The van der Waals surface area contributed by atoms with Crippen LogP contribution in [0.3, 0.4) is 0 Å². The SMILES string of the molecule is Cn1cnnc1CC(NC(=O)OC(C)(C)C)C(=O)O. The van der Waals surface area contributed by atoms with Crippen LogP contribution in [0, 0.1) is 0 Å². The molecule has 0 saturated carbocycles. The molecule has 1 heterocycles. The summed E-state index contributed by atoms with van der Waals surface area (Å²) in [6, 6.07) is -1.11. The highest BCUT2D eigenvalue weighted by atomic mass is 16.6. The van der Waals surface area contributed by atoms with Crippen molar-refractivity contribution in [1.29, 1.82) is 0 Å². The van der Waals surface area contributed by atoms with Gasteiger partial charge in [-0.3, -0.25) is 0 Å². The molecular formula is C11H18N4O4. The van der Waals surface area contributed by atoms with Crippen LogP contribution in [0.25, 0.3) is 0 Å². The van der Waals surface area contributed by atoms with Gasteiger partial charge in [0.25, 0.3) is 0 Å². The van der Waals surface area contributed by atoms with E-state index in [1.54, 1.807) is 32.4 Å². The van der Waals surface area contributed by atoms with Gasteiger partial charge in [0.1, 0.15) is 23.8 Å². The number of aliphatic carboxylic acids is 1. The van der Waals surface area contributed by atoms with Gasteiger partial charge < -0.3 is 19.7 Å². The third-order valence-electron chi connectivity index (χ3n) is 2.18. The topological polar surface area (TPSA) is 106 Å². The van der Waals surface area contributed by atoms with Gasteiger partial charge in [0.15, 0.2) is 0 Å². The molecule has 2 N–H and O–H groups in total. The molecule has 8 nitrogen and oxygen atoms in total. The van der Waals surface area contributed by atoms with Crippen LogP contribution in [0.2, 0.25) is 0 Å². The first-order valence-electron chi connectivity index (χ1n) is 5.74. The monoisotopic (exact) mass is 270 g/mol. The molecule has 1 rings (SSSR count). The average Bonchev–Trinajstić information content (AvgIpc) is 2.60. The fraction of sp³-hybridized carbons (Fsp3) is 0.636. The first-order valence-corrected chi connectivity index (χ1v) is 5.74. The fourth-order valence-electron chi connectivity index (χ4n) is 1.32. The predicted molar refractivity (Wildman–Crippen MR) is 65.5 cm³/mol. The number of hydrogen-bond donors (Lipinski definition) is 2. The van der Waals surface area contributed by atoms with Crippen LogP contribution < -0.4 is 5.32 Å². The summed E-state index contributed by atoms with van der Waals surface area (Å²) in [5.74, 6) is -0.697. The number of aromatic nitrogens is 3. The van der Waals surface area contributed by atoms with Gasteiger partial charge in [-0.15, -0.1) is 10.2 Å². The van der Waals surface area contributed by atoms with Crippen molar-refractivity contribution in [2.24, 2.45) is 7.05 Å². The van der Waals surface area contributed by atoms with E-state index in [4.69, 9.17) is 9.84 Å². The summed E-state index contributed by atoms with van der Waals surface area (Å²) in [7, 11) is 1.70. The maximum Gasteiger partial charge on any atom is 0.408 e. The van der Waals surface area contributed by atoms with Gasteiger partial charge >= 0.3 is 12.1 Å². The van der Waals surface area contributed by atoms with Crippen LogP contribution in [0.4, 0.5) is 4.79 Å². The van der Waals surface area contributed by atoms with Gasteiger partial charge in [-0.25, -0.2) is 9.59 Å². The van der Waals surface area contributed by atoms with Crippen molar-refractivity contribution < 1.29 is 19.4 Å². The number of carboxylic acid groups (broad SMARTS) is 1. The molecule has 1 unspecified atom stereocenters. The molecule has 0 fully saturated rings. The maximum atomic E-state index is 11.5. The van der Waals surface area contributed by atoms with Crippen molar-refractivity contribution in [3.63, 3.8) is 0 Å². The molecule has 0 aliphatic rings. The van der Waals surface area contributed by atoms with Crippen LogP contribution in [0.15, 0.2) is 6.33 Å². The molecule has 0 radical (unpaired) electrons. The number of nitrogens with zero attached hydrogens (tertiary/aromatic N) is 3. The summed E-state index contributed by atoms with van der Waals surface area (Å²) in [6.07, 6.45) is 0.717. The molecule has 8 heteroatoms.